The molecule has 0 aromatic carbocycles. The molecule has 25 heavy (non-hydrogen) atoms. The summed E-state index contributed by atoms with van der Waals surface area (Å²) in [6.07, 6.45) is 1.71. The Bertz CT molecular complexity index is 741. The quantitative estimate of drug-likeness (QED) is 0.800. The van der Waals surface area contributed by atoms with Crippen LogP contribution in [0.25, 0.3) is 0 Å². The fourth-order valence-electron chi connectivity index (χ4n) is 3.52. The fraction of sp³-hybridized carbons (Fsp3) is 0.471. The molecule has 2 aliphatic rings. The molecule has 0 unspecified atom stereocenters. The van der Waals surface area contributed by atoms with Gasteiger partial charge in [-0.1, -0.05) is 0 Å². The van der Waals surface area contributed by atoms with Gasteiger partial charge in [0.2, 0.25) is 0 Å². The fourth-order valence-corrected chi connectivity index (χ4v) is 3.52. The van der Waals surface area contributed by atoms with Gasteiger partial charge < -0.3 is 16.0 Å². The molecule has 0 spiro atoms. The first-order valence-electron chi connectivity index (χ1n) is 8.69. The average molecular weight is 341 g/mol. The molecule has 1 saturated heterocycles. The number of carbonyl (C=O) groups is 1. The van der Waals surface area contributed by atoms with Crippen LogP contribution in [0, 0.1) is 0 Å². The summed E-state index contributed by atoms with van der Waals surface area (Å²) in [6, 6.07) is 5.68. The van der Waals surface area contributed by atoms with Gasteiger partial charge in [-0.25, -0.2) is 4.98 Å². The predicted octanol–water partition coefficient (Wildman–Crippen LogP) is -0.198. The van der Waals surface area contributed by atoms with E-state index in [9.17, 15) is 4.79 Å². The van der Waals surface area contributed by atoms with Gasteiger partial charge >= 0.3 is 0 Å². The number of hydrogen-bond acceptors (Lipinski definition) is 6. The number of primary amides is 1. The van der Waals surface area contributed by atoms with Gasteiger partial charge in [-0.15, -0.1) is 0 Å². The summed E-state index contributed by atoms with van der Waals surface area (Å²) in [4.78, 5) is 20.5. The minimum absolute atomic E-state index is 0.428. The molecule has 132 valence electrons. The number of anilines is 1. The van der Waals surface area contributed by atoms with Crippen LogP contribution in [0.4, 0.5) is 5.82 Å². The van der Waals surface area contributed by atoms with Crippen molar-refractivity contribution in [1.82, 2.24) is 25.0 Å². The maximum atomic E-state index is 11.6. The maximum Gasteiger partial charge on any atom is 0.252 e. The second-order valence-corrected chi connectivity index (χ2v) is 6.53. The molecule has 3 N–H and O–H groups in total. The summed E-state index contributed by atoms with van der Waals surface area (Å²) < 4.78 is 2.11. The molecule has 4 rings (SSSR count). The highest BCUT2D eigenvalue weighted by Gasteiger charge is 2.22. The highest BCUT2D eigenvalue weighted by atomic mass is 16.1. The van der Waals surface area contributed by atoms with Crippen molar-refractivity contribution in [2.24, 2.45) is 5.73 Å². The molecule has 2 aromatic heterocycles. The van der Waals surface area contributed by atoms with E-state index in [1.807, 2.05) is 0 Å². The molecule has 1 amide bonds. The number of nitrogens with one attached hydrogen (secondary N) is 1. The normalized spacial score (nSPS) is 18.2. The predicted molar refractivity (Wildman–Crippen MR) is 94.2 cm³/mol. The van der Waals surface area contributed by atoms with Crippen LogP contribution in [0.1, 0.15) is 21.7 Å². The molecule has 0 radical (unpaired) electrons. The highest BCUT2D eigenvalue weighted by Crippen LogP contribution is 2.19. The Morgan fingerprint density at radius 2 is 2.08 bits per heavy atom. The Hall–Kier alpha value is -2.45. The minimum atomic E-state index is -0.428. The number of piperazine rings is 1. The number of nitrogens with two attached hydrogens (primary N) is 1. The largest absolute Gasteiger partial charge is 0.365 e. The average Bonchev–Trinajstić information content (AvgIpc) is 3.04. The van der Waals surface area contributed by atoms with E-state index in [0.717, 1.165) is 58.1 Å². The van der Waals surface area contributed by atoms with E-state index in [1.165, 1.54) is 5.69 Å². The molecule has 8 heteroatoms. The first-order chi connectivity index (χ1) is 12.2. The zero-order valence-corrected chi connectivity index (χ0v) is 14.2. The van der Waals surface area contributed by atoms with Crippen molar-refractivity contribution in [1.29, 1.82) is 0 Å². The number of carbonyl (C=O) groups excluding carboxylic acids is 1. The van der Waals surface area contributed by atoms with Crippen LogP contribution in [0.3, 0.4) is 0 Å². The van der Waals surface area contributed by atoms with Crippen LogP contribution in [0.2, 0.25) is 0 Å². The first kappa shape index (κ1) is 16.0. The lowest BCUT2D eigenvalue weighted by atomic mass is 10.2. The van der Waals surface area contributed by atoms with Crippen LogP contribution < -0.4 is 16.0 Å². The molecule has 0 saturated carbocycles. The van der Waals surface area contributed by atoms with E-state index < -0.39 is 5.91 Å². The molecule has 8 nitrogen and oxygen atoms in total. The lowest BCUT2D eigenvalue weighted by Gasteiger charge is -2.35. The van der Waals surface area contributed by atoms with Crippen molar-refractivity contribution >= 4 is 11.7 Å². The number of rotatable bonds is 4. The third-order valence-electron chi connectivity index (χ3n) is 4.83. The third-order valence-corrected chi connectivity index (χ3v) is 4.83. The monoisotopic (exact) mass is 341 g/mol. The van der Waals surface area contributed by atoms with E-state index in [2.05, 4.69) is 30.8 Å². The van der Waals surface area contributed by atoms with Gasteiger partial charge in [0.15, 0.2) is 0 Å². The second-order valence-electron chi connectivity index (χ2n) is 6.53. The Morgan fingerprint density at radius 3 is 2.84 bits per heavy atom. The Labute approximate surface area is 146 Å². The van der Waals surface area contributed by atoms with Gasteiger partial charge in [0.25, 0.3) is 5.91 Å². The van der Waals surface area contributed by atoms with Gasteiger partial charge in [0, 0.05) is 52.0 Å². The molecule has 2 aliphatic heterocycles. The van der Waals surface area contributed by atoms with Crippen molar-refractivity contribution in [3.8, 4) is 0 Å². The molecular formula is C17H23N7O. The smallest absolute Gasteiger partial charge is 0.252 e. The maximum absolute atomic E-state index is 11.6. The number of amides is 1. The van der Waals surface area contributed by atoms with Crippen LogP contribution in [-0.4, -0.2) is 58.3 Å². The molecule has 0 atom stereocenters. The third kappa shape index (κ3) is 3.35. The van der Waals surface area contributed by atoms with Crippen molar-refractivity contribution in [3.05, 3.63) is 41.3 Å². The second kappa shape index (κ2) is 6.81. The summed E-state index contributed by atoms with van der Waals surface area (Å²) in [6.45, 7) is 7.16. The van der Waals surface area contributed by atoms with Crippen molar-refractivity contribution in [3.63, 3.8) is 0 Å². The number of nitrogens with zero attached hydrogens (tertiary/aromatic N) is 5. The van der Waals surface area contributed by atoms with Crippen molar-refractivity contribution in [2.75, 3.05) is 37.6 Å². The van der Waals surface area contributed by atoms with E-state index in [0.29, 0.717) is 11.4 Å². The molecule has 0 bridgehead atoms. The Morgan fingerprint density at radius 1 is 1.24 bits per heavy atom. The van der Waals surface area contributed by atoms with Gasteiger partial charge in [-0.05, 0) is 18.2 Å². The summed E-state index contributed by atoms with van der Waals surface area (Å²) in [7, 11) is 0. The van der Waals surface area contributed by atoms with Crippen LogP contribution in [-0.2, 0) is 19.6 Å². The van der Waals surface area contributed by atoms with E-state index >= 15 is 0 Å². The number of hydrogen-bond donors (Lipinski definition) is 2. The first-order valence-corrected chi connectivity index (χ1v) is 8.69. The topological polar surface area (TPSA) is 92.3 Å². The Balaban J connectivity index is 1.39. The van der Waals surface area contributed by atoms with Crippen LogP contribution in [0.5, 0.6) is 0 Å². The number of fused-ring (bicyclic) bond motifs is 1. The van der Waals surface area contributed by atoms with E-state index in [-0.39, 0.29) is 0 Å². The number of aromatic nitrogens is 3. The van der Waals surface area contributed by atoms with E-state index in [1.54, 1.807) is 18.3 Å². The lowest BCUT2D eigenvalue weighted by molar-refractivity contribution is 0.1000. The summed E-state index contributed by atoms with van der Waals surface area (Å²) in [5.41, 5.74) is 8.35. The SMILES string of the molecule is NC(=O)c1cccnc1N1CCN(Cc2cc3n(n2)CCNC3)CC1. The zero-order valence-electron chi connectivity index (χ0n) is 14.2. The molecule has 0 aliphatic carbocycles. The van der Waals surface area contributed by atoms with Gasteiger partial charge in [-0.3, -0.25) is 14.4 Å². The molecule has 4 heterocycles. The number of pyridine rings is 1. The van der Waals surface area contributed by atoms with Crippen molar-refractivity contribution in [2.45, 2.75) is 19.6 Å². The summed E-state index contributed by atoms with van der Waals surface area (Å²) >= 11 is 0. The Kier molecular flexibility index (Phi) is 4.37. The van der Waals surface area contributed by atoms with Gasteiger partial charge in [0.1, 0.15) is 5.82 Å². The van der Waals surface area contributed by atoms with Crippen LogP contribution in [0.15, 0.2) is 24.4 Å². The molecular weight excluding hydrogens is 318 g/mol. The zero-order chi connectivity index (χ0) is 17.2. The summed E-state index contributed by atoms with van der Waals surface area (Å²) in [5, 5.41) is 8.08. The minimum Gasteiger partial charge on any atom is -0.365 e. The van der Waals surface area contributed by atoms with Gasteiger partial charge in [-0.2, -0.15) is 5.10 Å². The standard InChI is InChI=1S/C17H23N7O/c18-16(25)15-2-1-3-20-17(15)23-8-6-22(7-9-23)12-13-10-14-11-19-4-5-24(14)21-13/h1-3,10,19H,4-9,11-12H2,(H2,18,25). The van der Waals surface area contributed by atoms with E-state index in [4.69, 9.17) is 10.8 Å². The van der Waals surface area contributed by atoms with Crippen molar-refractivity contribution < 1.29 is 4.79 Å². The van der Waals surface area contributed by atoms with Gasteiger partial charge in [0.05, 0.1) is 23.5 Å². The summed E-state index contributed by atoms with van der Waals surface area (Å²) in [5.74, 6) is 0.265. The lowest BCUT2D eigenvalue weighted by Crippen LogP contribution is -2.46. The molecule has 1 fully saturated rings. The highest BCUT2D eigenvalue weighted by molar-refractivity contribution is 5.97. The van der Waals surface area contributed by atoms with Crippen LogP contribution >= 0.6 is 0 Å². The molecule has 2 aromatic rings.